The molecule has 3 rings (SSSR count). The molecular formula is C23H30N4O3. The molecule has 1 heterocycles. The number of nitrogens with zero attached hydrogens (tertiary/aromatic N) is 2. The van der Waals surface area contributed by atoms with Crippen molar-refractivity contribution in [2.24, 2.45) is 10.7 Å². The molecule has 1 fully saturated rings. The number of nitrogens with two attached hydrogens (primary N) is 1. The molecular weight excluding hydrogens is 380 g/mol. The summed E-state index contributed by atoms with van der Waals surface area (Å²) >= 11 is 0. The fraction of sp³-hybridized carbons (Fsp3) is 0.391. The first-order chi connectivity index (χ1) is 14.5. The number of para-hydroxylation sites is 1. The SMILES string of the molecule is CCOC(=O)N1CCC(NC(N)=NCc2ccc(C)cc2Oc2ccccc2)CC1. The van der Waals surface area contributed by atoms with E-state index in [4.69, 9.17) is 15.2 Å². The maximum absolute atomic E-state index is 11.8. The highest BCUT2D eigenvalue weighted by molar-refractivity contribution is 5.78. The largest absolute Gasteiger partial charge is 0.457 e. The number of carbonyl (C=O) groups is 1. The summed E-state index contributed by atoms with van der Waals surface area (Å²) in [6, 6.07) is 15.9. The first kappa shape index (κ1) is 21.5. The molecule has 1 saturated heterocycles. The molecule has 0 spiro atoms. The molecule has 0 saturated carbocycles. The maximum Gasteiger partial charge on any atom is 0.409 e. The van der Waals surface area contributed by atoms with Gasteiger partial charge in [-0.25, -0.2) is 9.79 Å². The average Bonchev–Trinajstić information content (AvgIpc) is 2.74. The second-order valence-electron chi connectivity index (χ2n) is 7.33. The standard InChI is InChI=1S/C23H30N4O3/c1-3-29-23(28)27-13-11-19(12-14-27)26-22(24)25-16-18-10-9-17(2)15-21(18)30-20-7-5-4-6-8-20/h4-10,15,19H,3,11-14,16H2,1-2H3,(H3,24,25,26). The van der Waals surface area contributed by atoms with Gasteiger partial charge in [0.25, 0.3) is 0 Å². The molecule has 1 aliphatic heterocycles. The van der Waals surface area contributed by atoms with E-state index in [0.29, 0.717) is 32.2 Å². The van der Waals surface area contributed by atoms with E-state index in [0.717, 1.165) is 35.5 Å². The Kier molecular flexibility index (Phi) is 7.54. The fourth-order valence-electron chi connectivity index (χ4n) is 3.35. The van der Waals surface area contributed by atoms with E-state index in [9.17, 15) is 4.79 Å². The summed E-state index contributed by atoms with van der Waals surface area (Å²) in [7, 11) is 0. The van der Waals surface area contributed by atoms with E-state index in [1.54, 1.807) is 4.90 Å². The Morgan fingerprint density at radius 1 is 1.20 bits per heavy atom. The topological polar surface area (TPSA) is 89.2 Å². The Bertz CT molecular complexity index is 862. The average molecular weight is 411 g/mol. The third-order valence-electron chi connectivity index (χ3n) is 4.99. The number of carbonyl (C=O) groups excluding carboxylic acids is 1. The van der Waals surface area contributed by atoms with Crippen LogP contribution in [-0.4, -0.2) is 42.7 Å². The minimum absolute atomic E-state index is 0.192. The lowest BCUT2D eigenvalue weighted by atomic mass is 10.1. The first-order valence-electron chi connectivity index (χ1n) is 10.4. The Hall–Kier alpha value is -3.22. The van der Waals surface area contributed by atoms with Gasteiger partial charge in [0.05, 0.1) is 13.2 Å². The van der Waals surface area contributed by atoms with Gasteiger partial charge in [-0.3, -0.25) is 0 Å². The minimum atomic E-state index is -0.247. The van der Waals surface area contributed by atoms with Gasteiger partial charge in [-0.2, -0.15) is 0 Å². The van der Waals surface area contributed by atoms with Crippen molar-refractivity contribution in [2.45, 2.75) is 39.3 Å². The number of hydrogen-bond donors (Lipinski definition) is 2. The molecule has 0 aliphatic carbocycles. The number of ether oxygens (including phenoxy) is 2. The number of aliphatic imine (C=N–C) groups is 1. The number of amides is 1. The van der Waals surface area contributed by atoms with Crippen LogP contribution in [0.5, 0.6) is 11.5 Å². The van der Waals surface area contributed by atoms with Crippen LogP contribution in [0, 0.1) is 6.92 Å². The van der Waals surface area contributed by atoms with Gasteiger partial charge in [0.1, 0.15) is 11.5 Å². The summed E-state index contributed by atoms with van der Waals surface area (Å²) in [5.41, 5.74) is 8.20. The molecule has 7 nitrogen and oxygen atoms in total. The summed E-state index contributed by atoms with van der Waals surface area (Å²) < 4.78 is 11.1. The number of aryl methyl sites for hydroxylation is 1. The van der Waals surface area contributed by atoms with E-state index in [-0.39, 0.29) is 12.1 Å². The van der Waals surface area contributed by atoms with Gasteiger partial charge in [0, 0.05) is 24.7 Å². The normalized spacial score (nSPS) is 15.0. The zero-order valence-electron chi connectivity index (χ0n) is 17.6. The van der Waals surface area contributed by atoms with E-state index in [1.165, 1.54) is 0 Å². The zero-order valence-corrected chi connectivity index (χ0v) is 17.6. The highest BCUT2D eigenvalue weighted by Gasteiger charge is 2.23. The van der Waals surface area contributed by atoms with Crippen molar-refractivity contribution in [2.75, 3.05) is 19.7 Å². The van der Waals surface area contributed by atoms with Gasteiger partial charge in [-0.05, 0) is 50.5 Å². The Morgan fingerprint density at radius 2 is 1.93 bits per heavy atom. The molecule has 0 bridgehead atoms. The van der Waals surface area contributed by atoms with E-state index in [1.807, 2.05) is 62.4 Å². The molecule has 1 aliphatic rings. The molecule has 0 unspecified atom stereocenters. The molecule has 0 aromatic heterocycles. The van der Waals surface area contributed by atoms with Gasteiger partial charge in [-0.15, -0.1) is 0 Å². The number of hydrogen-bond acceptors (Lipinski definition) is 4. The van der Waals surface area contributed by atoms with Crippen LogP contribution in [0.1, 0.15) is 30.9 Å². The number of guanidine groups is 1. The van der Waals surface area contributed by atoms with Gasteiger partial charge in [-0.1, -0.05) is 30.3 Å². The van der Waals surface area contributed by atoms with Crippen LogP contribution >= 0.6 is 0 Å². The van der Waals surface area contributed by atoms with Crippen LogP contribution in [0.25, 0.3) is 0 Å². The van der Waals surface area contributed by atoms with Gasteiger partial charge in [0.2, 0.25) is 0 Å². The molecule has 160 valence electrons. The maximum atomic E-state index is 11.8. The van der Waals surface area contributed by atoms with E-state index in [2.05, 4.69) is 10.3 Å². The third kappa shape index (κ3) is 6.14. The van der Waals surface area contributed by atoms with Crippen molar-refractivity contribution in [3.05, 3.63) is 59.7 Å². The number of nitrogens with one attached hydrogen (secondary N) is 1. The van der Waals surface area contributed by atoms with Crippen molar-refractivity contribution in [3.63, 3.8) is 0 Å². The number of piperidine rings is 1. The Balaban J connectivity index is 1.56. The summed E-state index contributed by atoms with van der Waals surface area (Å²) in [5, 5.41) is 3.27. The summed E-state index contributed by atoms with van der Waals surface area (Å²) in [4.78, 5) is 18.0. The van der Waals surface area contributed by atoms with Crippen LogP contribution in [0.15, 0.2) is 53.5 Å². The molecule has 30 heavy (non-hydrogen) atoms. The summed E-state index contributed by atoms with van der Waals surface area (Å²) in [6.07, 6.45) is 1.37. The lowest BCUT2D eigenvalue weighted by Crippen LogP contribution is -2.48. The molecule has 0 atom stereocenters. The highest BCUT2D eigenvalue weighted by Crippen LogP contribution is 2.27. The first-order valence-corrected chi connectivity index (χ1v) is 10.4. The second kappa shape index (κ2) is 10.5. The van der Waals surface area contributed by atoms with Crippen LogP contribution in [0.2, 0.25) is 0 Å². The lowest BCUT2D eigenvalue weighted by molar-refractivity contribution is 0.0963. The number of likely N-dealkylation sites (tertiary alicyclic amines) is 1. The highest BCUT2D eigenvalue weighted by atomic mass is 16.6. The van der Waals surface area contributed by atoms with Crippen LogP contribution < -0.4 is 15.8 Å². The molecule has 3 N–H and O–H groups in total. The molecule has 1 amide bonds. The smallest absolute Gasteiger partial charge is 0.409 e. The Morgan fingerprint density at radius 3 is 2.63 bits per heavy atom. The predicted octanol–water partition coefficient (Wildman–Crippen LogP) is 3.81. The second-order valence-corrected chi connectivity index (χ2v) is 7.33. The quantitative estimate of drug-likeness (QED) is 0.558. The number of benzene rings is 2. The third-order valence-corrected chi connectivity index (χ3v) is 4.99. The molecule has 7 heteroatoms. The fourth-order valence-corrected chi connectivity index (χ4v) is 3.35. The molecule has 2 aromatic carbocycles. The zero-order chi connectivity index (χ0) is 21.3. The predicted molar refractivity (Wildman–Crippen MR) is 118 cm³/mol. The van der Waals surface area contributed by atoms with Crippen molar-refractivity contribution in [1.29, 1.82) is 0 Å². The van der Waals surface area contributed by atoms with Crippen molar-refractivity contribution >= 4 is 12.1 Å². The lowest BCUT2D eigenvalue weighted by Gasteiger charge is -2.31. The van der Waals surface area contributed by atoms with Gasteiger partial charge < -0.3 is 25.4 Å². The summed E-state index contributed by atoms with van der Waals surface area (Å²) in [6.45, 7) is 5.96. The Labute approximate surface area is 177 Å². The monoisotopic (exact) mass is 410 g/mol. The van der Waals surface area contributed by atoms with Crippen LogP contribution in [-0.2, 0) is 11.3 Å². The minimum Gasteiger partial charge on any atom is -0.457 e. The van der Waals surface area contributed by atoms with E-state index >= 15 is 0 Å². The molecule has 0 radical (unpaired) electrons. The molecule has 2 aromatic rings. The van der Waals surface area contributed by atoms with Gasteiger partial charge >= 0.3 is 6.09 Å². The van der Waals surface area contributed by atoms with Crippen molar-refractivity contribution < 1.29 is 14.3 Å². The van der Waals surface area contributed by atoms with Gasteiger partial charge in [0.15, 0.2) is 5.96 Å². The van der Waals surface area contributed by atoms with Crippen molar-refractivity contribution in [1.82, 2.24) is 10.2 Å². The van der Waals surface area contributed by atoms with Crippen molar-refractivity contribution in [3.8, 4) is 11.5 Å². The van der Waals surface area contributed by atoms with Crippen LogP contribution in [0.3, 0.4) is 0 Å². The van der Waals surface area contributed by atoms with Crippen LogP contribution in [0.4, 0.5) is 4.79 Å². The number of rotatable bonds is 6. The summed E-state index contributed by atoms with van der Waals surface area (Å²) in [5.74, 6) is 1.96. The van der Waals surface area contributed by atoms with E-state index < -0.39 is 0 Å².